The molecule has 0 heterocycles. The lowest BCUT2D eigenvalue weighted by molar-refractivity contribution is -0.121. The Labute approximate surface area is 108 Å². The van der Waals surface area contributed by atoms with Gasteiger partial charge in [0.1, 0.15) is 0 Å². The van der Waals surface area contributed by atoms with E-state index in [1.807, 2.05) is 31.2 Å². The van der Waals surface area contributed by atoms with Gasteiger partial charge in [-0.15, -0.1) is 0 Å². The van der Waals surface area contributed by atoms with Crippen LogP contribution in [0.1, 0.15) is 30.9 Å². The van der Waals surface area contributed by atoms with E-state index in [2.05, 4.69) is 5.32 Å². The van der Waals surface area contributed by atoms with Gasteiger partial charge in [-0.2, -0.15) is 0 Å². The molecule has 0 aliphatic carbocycles. The molecule has 0 aliphatic heterocycles. The van der Waals surface area contributed by atoms with Crippen molar-refractivity contribution < 1.29 is 14.6 Å². The summed E-state index contributed by atoms with van der Waals surface area (Å²) in [6.07, 6.45) is 1.29. The summed E-state index contributed by atoms with van der Waals surface area (Å²) in [7, 11) is 1.64. The average molecular weight is 251 g/mol. The number of carbonyl (C=O) groups excluding carboxylic acids is 1. The van der Waals surface area contributed by atoms with Gasteiger partial charge < -0.3 is 15.2 Å². The summed E-state index contributed by atoms with van der Waals surface area (Å²) in [5, 5.41) is 11.9. The van der Waals surface area contributed by atoms with Gasteiger partial charge in [-0.3, -0.25) is 4.79 Å². The number of hydrogen-bond acceptors (Lipinski definition) is 3. The van der Waals surface area contributed by atoms with E-state index >= 15 is 0 Å². The monoisotopic (exact) mass is 251 g/mol. The molecule has 0 bridgehead atoms. The van der Waals surface area contributed by atoms with Gasteiger partial charge in [-0.25, -0.2) is 0 Å². The van der Waals surface area contributed by atoms with Crippen molar-refractivity contribution in [1.82, 2.24) is 5.32 Å². The van der Waals surface area contributed by atoms with E-state index < -0.39 is 0 Å². The minimum atomic E-state index is 0.0210. The molecule has 0 saturated carbocycles. The number of benzene rings is 1. The molecule has 0 saturated heterocycles. The fraction of sp³-hybridized carbons (Fsp3) is 0.500. The van der Waals surface area contributed by atoms with E-state index in [4.69, 9.17) is 9.84 Å². The highest BCUT2D eigenvalue weighted by Gasteiger charge is 2.05. The molecule has 0 spiro atoms. The maximum atomic E-state index is 11.6. The zero-order valence-electron chi connectivity index (χ0n) is 11.0. The van der Waals surface area contributed by atoms with Crippen molar-refractivity contribution in [3.05, 3.63) is 35.4 Å². The van der Waals surface area contributed by atoms with Crippen LogP contribution < -0.4 is 5.32 Å². The Morgan fingerprint density at radius 3 is 2.83 bits per heavy atom. The number of amides is 1. The normalized spacial score (nSPS) is 12.2. The second-order valence-corrected chi connectivity index (χ2v) is 4.34. The van der Waals surface area contributed by atoms with E-state index in [-0.39, 0.29) is 18.6 Å². The third-order valence-corrected chi connectivity index (χ3v) is 2.84. The molecule has 4 heteroatoms. The first-order valence-electron chi connectivity index (χ1n) is 6.14. The maximum Gasteiger partial charge on any atom is 0.220 e. The van der Waals surface area contributed by atoms with Crippen molar-refractivity contribution >= 4 is 5.91 Å². The quantitative estimate of drug-likeness (QED) is 0.774. The first-order chi connectivity index (χ1) is 8.65. The summed E-state index contributed by atoms with van der Waals surface area (Å²) >= 11 is 0. The van der Waals surface area contributed by atoms with E-state index in [0.717, 1.165) is 17.5 Å². The number of ether oxygens (including phenoxy) is 1. The van der Waals surface area contributed by atoms with Crippen LogP contribution in [0.15, 0.2) is 24.3 Å². The summed E-state index contributed by atoms with van der Waals surface area (Å²) in [6.45, 7) is 2.46. The Hall–Kier alpha value is -1.39. The second kappa shape index (κ2) is 7.84. The van der Waals surface area contributed by atoms with Gasteiger partial charge in [-0.1, -0.05) is 24.3 Å². The molecule has 1 atom stereocenters. The van der Waals surface area contributed by atoms with Gasteiger partial charge in [0.25, 0.3) is 0 Å². The Bertz CT molecular complexity index is 379. The molecular formula is C14H21NO3. The Morgan fingerprint density at radius 1 is 1.44 bits per heavy atom. The van der Waals surface area contributed by atoms with Crippen molar-refractivity contribution in [2.24, 2.45) is 0 Å². The van der Waals surface area contributed by atoms with Gasteiger partial charge in [0.2, 0.25) is 5.91 Å². The minimum absolute atomic E-state index is 0.0210. The fourth-order valence-corrected chi connectivity index (χ4v) is 1.58. The van der Waals surface area contributed by atoms with Crippen molar-refractivity contribution in [3.8, 4) is 0 Å². The first-order valence-corrected chi connectivity index (χ1v) is 6.14. The van der Waals surface area contributed by atoms with E-state index in [1.54, 1.807) is 7.11 Å². The standard InChI is InChI=1S/C14H21NO3/c1-11(18-2)6-7-14(17)15-9-12-4-3-5-13(8-12)10-16/h3-5,8,11,16H,6-7,9-10H2,1-2H3,(H,15,17). The summed E-state index contributed by atoms with van der Waals surface area (Å²) in [5.41, 5.74) is 1.85. The average Bonchev–Trinajstić information content (AvgIpc) is 2.42. The zero-order valence-corrected chi connectivity index (χ0v) is 11.0. The highest BCUT2D eigenvalue weighted by atomic mass is 16.5. The van der Waals surface area contributed by atoms with Crippen LogP contribution in [0, 0.1) is 0 Å². The topological polar surface area (TPSA) is 58.6 Å². The van der Waals surface area contributed by atoms with Gasteiger partial charge in [0.15, 0.2) is 0 Å². The van der Waals surface area contributed by atoms with Crippen molar-refractivity contribution in [3.63, 3.8) is 0 Å². The van der Waals surface area contributed by atoms with Crippen LogP contribution in [0.5, 0.6) is 0 Å². The van der Waals surface area contributed by atoms with Gasteiger partial charge in [-0.05, 0) is 24.5 Å². The van der Waals surface area contributed by atoms with Crippen LogP contribution in [0.4, 0.5) is 0 Å². The lowest BCUT2D eigenvalue weighted by Gasteiger charge is -2.09. The highest BCUT2D eigenvalue weighted by molar-refractivity contribution is 5.75. The molecule has 0 aromatic heterocycles. The number of hydrogen-bond donors (Lipinski definition) is 2. The molecule has 1 rings (SSSR count). The summed E-state index contributed by atoms with van der Waals surface area (Å²) in [6, 6.07) is 7.54. The summed E-state index contributed by atoms with van der Waals surface area (Å²) in [5.74, 6) is 0.0216. The predicted molar refractivity (Wildman–Crippen MR) is 69.9 cm³/mol. The van der Waals surface area contributed by atoms with Crippen molar-refractivity contribution in [1.29, 1.82) is 0 Å². The number of methoxy groups -OCH3 is 1. The fourth-order valence-electron chi connectivity index (χ4n) is 1.58. The summed E-state index contributed by atoms with van der Waals surface area (Å²) in [4.78, 5) is 11.6. The molecule has 100 valence electrons. The van der Waals surface area contributed by atoms with E-state index in [9.17, 15) is 4.79 Å². The Morgan fingerprint density at radius 2 is 2.17 bits per heavy atom. The van der Waals surface area contributed by atoms with E-state index in [1.165, 1.54) is 0 Å². The third kappa shape index (κ3) is 5.29. The molecule has 4 nitrogen and oxygen atoms in total. The van der Waals surface area contributed by atoms with E-state index in [0.29, 0.717) is 13.0 Å². The molecule has 1 amide bonds. The number of carbonyl (C=O) groups is 1. The molecule has 0 radical (unpaired) electrons. The molecule has 1 unspecified atom stereocenters. The molecule has 2 N–H and O–H groups in total. The molecule has 18 heavy (non-hydrogen) atoms. The molecule has 1 aromatic rings. The van der Waals surface area contributed by atoms with Crippen molar-refractivity contribution in [2.45, 2.75) is 39.0 Å². The number of rotatable bonds is 7. The summed E-state index contributed by atoms with van der Waals surface area (Å²) < 4.78 is 5.09. The van der Waals surface area contributed by atoms with Crippen LogP contribution in [-0.2, 0) is 22.7 Å². The van der Waals surface area contributed by atoms with Gasteiger partial charge >= 0.3 is 0 Å². The predicted octanol–water partition coefficient (Wildman–Crippen LogP) is 1.61. The molecule has 1 aromatic carbocycles. The lowest BCUT2D eigenvalue weighted by atomic mass is 10.1. The molecular weight excluding hydrogens is 230 g/mol. The zero-order chi connectivity index (χ0) is 13.4. The lowest BCUT2D eigenvalue weighted by Crippen LogP contribution is -2.23. The SMILES string of the molecule is COC(C)CCC(=O)NCc1cccc(CO)c1. The smallest absolute Gasteiger partial charge is 0.220 e. The maximum absolute atomic E-state index is 11.6. The van der Waals surface area contributed by atoms with Crippen LogP contribution in [0.2, 0.25) is 0 Å². The van der Waals surface area contributed by atoms with Crippen LogP contribution in [0.3, 0.4) is 0 Å². The van der Waals surface area contributed by atoms with Crippen molar-refractivity contribution in [2.75, 3.05) is 7.11 Å². The number of aliphatic hydroxyl groups is 1. The van der Waals surface area contributed by atoms with Gasteiger partial charge in [0, 0.05) is 20.1 Å². The van der Waals surface area contributed by atoms with Crippen LogP contribution >= 0.6 is 0 Å². The molecule has 0 fully saturated rings. The first kappa shape index (κ1) is 14.7. The third-order valence-electron chi connectivity index (χ3n) is 2.84. The Balaban J connectivity index is 2.33. The number of aliphatic hydroxyl groups excluding tert-OH is 1. The van der Waals surface area contributed by atoms with Crippen LogP contribution in [0.25, 0.3) is 0 Å². The molecule has 0 aliphatic rings. The van der Waals surface area contributed by atoms with Gasteiger partial charge in [0.05, 0.1) is 12.7 Å². The van der Waals surface area contributed by atoms with Crippen LogP contribution in [-0.4, -0.2) is 24.2 Å². The highest BCUT2D eigenvalue weighted by Crippen LogP contribution is 2.05. The number of nitrogens with one attached hydrogen (secondary N) is 1. The minimum Gasteiger partial charge on any atom is -0.392 e. The Kier molecular flexibility index (Phi) is 6.39. The second-order valence-electron chi connectivity index (χ2n) is 4.34. The largest absolute Gasteiger partial charge is 0.392 e.